The van der Waals surface area contributed by atoms with Crippen molar-refractivity contribution in [2.24, 2.45) is 5.92 Å². The lowest BCUT2D eigenvalue weighted by Gasteiger charge is -2.21. The van der Waals surface area contributed by atoms with E-state index >= 15 is 0 Å². The van der Waals surface area contributed by atoms with E-state index in [2.05, 4.69) is 15.9 Å². The molecule has 0 aliphatic heterocycles. The van der Waals surface area contributed by atoms with Gasteiger partial charge in [-0.3, -0.25) is 0 Å². The molecule has 2 unspecified atom stereocenters. The van der Waals surface area contributed by atoms with Crippen molar-refractivity contribution in [1.82, 2.24) is 0 Å². The molecule has 0 amide bonds. The average molecular weight is 327 g/mol. The maximum absolute atomic E-state index is 13.9. The van der Waals surface area contributed by atoms with Crippen molar-refractivity contribution >= 4 is 27.9 Å². The highest BCUT2D eigenvalue weighted by Crippen LogP contribution is 2.29. The van der Waals surface area contributed by atoms with Gasteiger partial charge in [0, 0.05) is 16.1 Å². The monoisotopic (exact) mass is 326 g/mol. The molecule has 0 radical (unpaired) electrons. The van der Waals surface area contributed by atoms with E-state index in [1.807, 2.05) is 19.9 Å². The third-order valence-electron chi connectivity index (χ3n) is 3.34. The summed E-state index contributed by atoms with van der Waals surface area (Å²) in [6.07, 6.45) is 3.56. The molecule has 0 saturated carbocycles. The smallest absolute Gasteiger partial charge is 0.127 e. The van der Waals surface area contributed by atoms with Gasteiger partial charge in [-0.2, -0.15) is 0 Å². The van der Waals surface area contributed by atoms with E-state index in [0.29, 0.717) is 22.2 Å². The fourth-order valence-electron chi connectivity index (χ4n) is 2.17. The molecular formula is C15H20BrFN2. The molecule has 0 bridgehead atoms. The first kappa shape index (κ1) is 16.0. The first-order valence-corrected chi connectivity index (χ1v) is 7.30. The Morgan fingerprint density at radius 1 is 1.47 bits per heavy atom. The SMILES string of the molecule is CCCC(=N)CC(C=N)C(C)c1ccc(Br)cc1F. The number of hydrogen-bond acceptors (Lipinski definition) is 2. The minimum absolute atomic E-state index is 0.0946. The third-order valence-corrected chi connectivity index (χ3v) is 3.84. The van der Waals surface area contributed by atoms with Crippen LogP contribution in [0.1, 0.15) is 44.6 Å². The first-order chi connectivity index (χ1) is 8.99. The zero-order valence-corrected chi connectivity index (χ0v) is 12.9. The van der Waals surface area contributed by atoms with Crippen LogP contribution in [0.4, 0.5) is 4.39 Å². The predicted molar refractivity (Wildman–Crippen MR) is 82.0 cm³/mol. The fraction of sp³-hybridized carbons (Fsp3) is 0.467. The normalized spacial score (nSPS) is 13.9. The highest BCUT2D eigenvalue weighted by Gasteiger charge is 2.21. The lowest BCUT2D eigenvalue weighted by atomic mass is 9.84. The molecule has 0 aliphatic rings. The van der Waals surface area contributed by atoms with Crippen LogP contribution in [0.25, 0.3) is 0 Å². The second kappa shape index (κ2) is 7.53. The summed E-state index contributed by atoms with van der Waals surface area (Å²) in [5.74, 6) is -0.465. The summed E-state index contributed by atoms with van der Waals surface area (Å²) in [6, 6.07) is 5.02. The molecule has 0 fully saturated rings. The molecule has 0 aliphatic carbocycles. The van der Waals surface area contributed by atoms with Crippen molar-refractivity contribution in [3.63, 3.8) is 0 Å². The zero-order chi connectivity index (χ0) is 14.4. The van der Waals surface area contributed by atoms with Crippen LogP contribution in [-0.4, -0.2) is 11.9 Å². The Labute approximate surface area is 122 Å². The Balaban J connectivity index is 2.86. The van der Waals surface area contributed by atoms with Crippen molar-refractivity contribution in [2.45, 2.75) is 39.0 Å². The standard InChI is InChI=1S/C15H20BrFN2/c1-3-4-13(19)7-11(9-18)10(2)14-6-5-12(16)8-15(14)17/h5-6,8-11,18-19H,3-4,7H2,1-2H3. The molecule has 0 aromatic heterocycles. The van der Waals surface area contributed by atoms with Crippen LogP contribution in [0.15, 0.2) is 22.7 Å². The topological polar surface area (TPSA) is 47.7 Å². The van der Waals surface area contributed by atoms with Crippen molar-refractivity contribution in [2.75, 3.05) is 0 Å². The van der Waals surface area contributed by atoms with E-state index < -0.39 is 0 Å². The van der Waals surface area contributed by atoms with Crippen LogP contribution < -0.4 is 0 Å². The zero-order valence-electron chi connectivity index (χ0n) is 11.3. The quantitative estimate of drug-likeness (QED) is 0.649. The van der Waals surface area contributed by atoms with Crippen LogP contribution in [0, 0.1) is 22.6 Å². The second-order valence-electron chi connectivity index (χ2n) is 4.84. The Morgan fingerprint density at radius 3 is 2.68 bits per heavy atom. The molecule has 0 spiro atoms. The van der Waals surface area contributed by atoms with Gasteiger partial charge in [0.2, 0.25) is 0 Å². The minimum Gasteiger partial charge on any atom is -0.313 e. The van der Waals surface area contributed by atoms with Gasteiger partial charge in [-0.15, -0.1) is 0 Å². The molecule has 0 saturated heterocycles. The number of rotatable bonds is 7. The minimum atomic E-state index is -0.254. The molecule has 0 heterocycles. The molecular weight excluding hydrogens is 307 g/mol. The highest BCUT2D eigenvalue weighted by molar-refractivity contribution is 9.10. The summed E-state index contributed by atoms with van der Waals surface area (Å²) in [5.41, 5.74) is 1.25. The number of halogens is 2. The average Bonchev–Trinajstić information content (AvgIpc) is 2.35. The predicted octanol–water partition coefficient (Wildman–Crippen LogP) is 5.17. The van der Waals surface area contributed by atoms with Crippen molar-refractivity contribution in [3.8, 4) is 0 Å². The van der Waals surface area contributed by atoms with E-state index in [1.165, 1.54) is 12.3 Å². The van der Waals surface area contributed by atoms with Crippen LogP contribution in [0.2, 0.25) is 0 Å². The highest BCUT2D eigenvalue weighted by atomic mass is 79.9. The summed E-state index contributed by atoms with van der Waals surface area (Å²) in [6.45, 7) is 3.95. The molecule has 1 aromatic rings. The van der Waals surface area contributed by atoms with Gasteiger partial charge in [0.1, 0.15) is 5.82 Å². The fourth-order valence-corrected chi connectivity index (χ4v) is 2.50. The van der Waals surface area contributed by atoms with E-state index in [1.54, 1.807) is 6.07 Å². The molecule has 1 rings (SSSR count). The Kier molecular flexibility index (Phi) is 6.35. The first-order valence-electron chi connectivity index (χ1n) is 6.51. The van der Waals surface area contributed by atoms with E-state index in [4.69, 9.17) is 10.8 Å². The number of benzene rings is 1. The van der Waals surface area contributed by atoms with Gasteiger partial charge in [0.05, 0.1) is 0 Å². The molecule has 4 heteroatoms. The Bertz CT molecular complexity index is 459. The summed E-state index contributed by atoms with van der Waals surface area (Å²) >= 11 is 3.24. The Morgan fingerprint density at radius 2 is 2.16 bits per heavy atom. The van der Waals surface area contributed by atoms with Gasteiger partial charge in [-0.1, -0.05) is 42.3 Å². The lowest BCUT2D eigenvalue weighted by molar-refractivity contribution is 0.540. The molecule has 2 N–H and O–H groups in total. The third kappa shape index (κ3) is 4.53. The number of nitrogens with one attached hydrogen (secondary N) is 2. The maximum atomic E-state index is 13.9. The van der Waals surface area contributed by atoms with Crippen LogP contribution in [-0.2, 0) is 0 Å². The molecule has 19 heavy (non-hydrogen) atoms. The van der Waals surface area contributed by atoms with Crippen molar-refractivity contribution < 1.29 is 4.39 Å². The second-order valence-corrected chi connectivity index (χ2v) is 5.76. The van der Waals surface area contributed by atoms with Gasteiger partial charge >= 0.3 is 0 Å². The van der Waals surface area contributed by atoms with Crippen LogP contribution >= 0.6 is 15.9 Å². The van der Waals surface area contributed by atoms with Gasteiger partial charge in [0.25, 0.3) is 0 Å². The summed E-state index contributed by atoms with van der Waals surface area (Å²) in [5, 5.41) is 15.4. The molecule has 2 atom stereocenters. The van der Waals surface area contributed by atoms with Gasteiger partial charge in [-0.25, -0.2) is 4.39 Å². The van der Waals surface area contributed by atoms with Crippen LogP contribution in [0.3, 0.4) is 0 Å². The Hall–Kier alpha value is -1.03. The summed E-state index contributed by atoms with van der Waals surface area (Å²) in [7, 11) is 0. The van der Waals surface area contributed by atoms with Crippen molar-refractivity contribution in [1.29, 1.82) is 10.8 Å². The lowest BCUT2D eigenvalue weighted by Crippen LogP contribution is -2.16. The van der Waals surface area contributed by atoms with Crippen molar-refractivity contribution in [3.05, 3.63) is 34.1 Å². The van der Waals surface area contributed by atoms with Gasteiger partial charge in [-0.05, 0) is 42.7 Å². The molecule has 104 valence electrons. The van der Waals surface area contributed by atoms with E-state index in [9.17, 15) is 4.39 Å². The molecule has 1 aromatic carbocycles. The van der Waals surface area contributed by atoms with Crippen LogP contribution in [0.5, 0.6) is 0 Å². The maximum Gasteiger partial charge on any atom is 0.127 e. The van der Waals surface area contributed by atoms with E-state index in [-0.39, 0.29) is 17.7 Å². The summed E-state index contributed by atoms with van der Waals surface area (Å²) < 4.78 is 14.6. The largest absolute Gasteiger partial charge is 0.313 e. The van der Waals surface area contributed by atoms with E-state index in [0.717, 1.165) is 12.8 Å². The van der Waals surface area contributed by atoms with Gasteiger partial charge < -0.3 is 10.8 Å². The molecule has 2 nitrogen and oxygen atoms in total. The van der Waals surface area contributed by atoms with Gasteiger partial charge in [0.15, 0.2) is 0 Å². The number of hydrogen-bond donors (Lipinski definition) is 2. The summed E-state index contributed by atoms with van der Waals surface area (Å²) in [4.78, 5) is 0.